The summed E-state index contributed by atoms with van der Waals surface area (Å²) in [4.78, 5) is 27.9. The first-order valence-electron chi connectivity index (χ1n) is 9.45. The van der Waals surface area contributed by atoms with E-state index >= 15 is 0 Å². The Balaban J connectivity index is 1.73. The smallest absolute Gasteiger partial charge is 0.340 e. The summed E-state index contributed by atoms with van der Waals surface area (Å²) in [7, 11) is 0. The van der Waals surface area contributed by atoms with Crippen LogP contribution in [0.3, 0.4) is 0 Å². The van der Waals surface area contributed by atoms with Crippen LogP contribution in [0.1, 0.15) is 43.6 Å². The molecule has 6 heteroatoms. The van der Waals surface area contributed by atoms with Crippen molar-refractivity contribution in [2.45, 2.75) is 45.2 Å². The van der Waals surface area contributed by atoms with Gasteiger partial charge < -0.3 is 9.64 Å². The Bertz CT molecular complexity index is 835. The number of benzene rings is 1. The first-order chi connectivity index (χ1) is 13.5. The molecule has 2 heterocycles. The van der Waals surface area contributed by atoms with Crippen LogP contribution in [0, 0.1) is 5.82 Å². The Morgan fingerprint density at radius 1 is 1.18 bits per heavy atom. The molecule has 0 unspecified atom stereocenters. The van der Waals surface area contributed by atoms with E-state index in [1.54, 1.807) is 18.2 Å². The van der Waals surface area contributed by atoms with Gasteiger partial charge in [-0.3, -0.25) is 4.79 Å². The maximum Gasteiger partial charge on any atom is 0.340 e. The van der Waals surface area contributed by atoms with Crippen molar-refractivity contribution < 1.29 is 18.7 Å². The van der Waals surface area contributed by atoms with Crippen LogP contribution in [-0.2, 0) is 14.3 Å². The molecule has 1 aromatic carbocycles. The average Bonchev–Trinajstić information content (AvgIpc) is 3.20. The molecule has 0 radical (unpaired) electrons. The number of halogens is 1. The molecule has 0 saturated carbocycles. The molecular weight excluding hydrogens is 377 g/mol. The van der Waals surface area contributed by atoms with Crippen LogP contribution in [0.2, 0.25) is 0 Å². The maximum atomic E-state index is 13.2. The largest absolute Gasteiger partial charge is 0.452 e. The number of rotatable bonds is 5. The first kappa shape index (κ1) is 20.3. The highest BCUT2D eigenvalue weighted by molar-refractivity contribution is 7.11. The molecular formula is C22H24FNO3S. The summed E-state index contributed by atoms with van der Waals surface area (Å²) in [5.41, 5.74) is 1.04. The molecule has 1 aromatic heterocycles. The summed E-state index contributed by atoms with van der Waals surface area (Å²) in [6, 6.07) is 9.84. The lowest BCUT2D eigenvalue weighted by atomic mass is 9.97. The summed E-state index contributed by atoms with van der Waals surface area (Å²) in [6.45, 7) is 3.78. The van der Waals surface area contributed by atoms with Crippen LogP contribution < -0.4 is 0 Å². The monoisotopic (exact) mass is 401 g/mol. The zero-order chi connectivity index (χ0) is 20.1. The average molecular weight is 402 g/mol. The number of ether oxygens (including phenoxy) is 1. The van der Waals surface area contributed by atoms with Gasteiger partial charge >= 0.3 is 5.97 Å². The van der Waals surface area contributed by atoms with Gasteiger partial charge in [0, 0.05) is 17.0 Å². The fourth-order valence-electron chi connectivity index (χ4n) is 3.58. The van der Waals surface area contributed by atoms with E-state index in [0.29, 0.717) is 11.1 Å². The molecule has 3 rings (SSSR count). The molecule has 1 fully saturated rings. The zero-order valence-corrected chi connectivity index (χ0v) is 16.9. The third kappa shape index (κ3) is 4.87. The predicted octanol–water partition coefficient (Wildman–Crippen LogP) is 4.76. The molecule has 0 spiro atoms. The number of nitrogens with zero attached hydrogens (tertiary/aromatic N) is 1. The zero-order valence-electron chi connectivity index (χ0n) is 16.1. The van der Waals surface area contributed by atoms with Crippen molar-refractivity contribution in [3.05, 3.63) is 58.0 Å². The lowest BCUT2D eigenvalue weighted by Crippen LogP contribution is -2.49. The van der Waals surface area contributed by atoms with Crippen LogP contribution in [0.5, 0.6) is 0 Å². The highest BCUT2D eigenvalue weighted by Gasteiger charge is 2.29. The van der Waals surface area contributed by atoms with E-state index in [2.05, 4.69) is 0 Å². The summed E-state index contributed by atoms with van der Waals surface area (Å²) in [5.74, 6) is -1.06. The molecule has 0 N–H and O–H groups in total. The number of thiophene rings is 1. The molecule has 2 atom stereocenters. The van der Waals surface area contributed by atoms with Crippen LogP contribution in [0.15, 0.2) is 41.8 Å². The number of hydrogen-bond donors (Lipinski definition) is 0. The Morgan fingerprint density at radius 2 is 1.86 bits per heavy atom. The van der Waals surface area contributed by atoms with Crippen molar-refractivity contribution in [3.63, 3.8) is 0 Å². The second-order valence-electron chi connectivity index (χ2n) is 7.09. The van der Waals surface area contributed by atoms with Gasteiger partial charge in [-0.1, -0.05) is 18.2 Å². The minimum absolute atomic E-state index is 0.154. The first-order valence-corrected chi connectivity index (χ1v) is 10.3. The highest BCUT2D eigenvalue weighted by atomic mass is 32.1. The van der Waals surface area contributed by atoms with Crippen molar-refractivity contribution in [2.75, 3.05) is 6.61 Å². The molecule has 2 aromatic rings. The summed E-state index contributed by atoms with van der Waals surface area (Å²) >= 11 is 1.41. The third-order valence-corrected chi connectivity index (χ3v) is 5.90. The van der Waals surface area contributed by atoms with Crippen LogP contribution in [0.4, 0.5) is 4.39 Å². The number of carbonyl (C=O) groups excluding carboxylic acids is 2. The van der Waals surface area contributed by atoms with Crippen molar-refractivity contribution in [1.29, 1.82) is 0 Å². The Labute approximate surface area is 168 Å². The van der Waals surface area contributed by atoms with E-state index in [1.807, 2.05) is 36.3 Å². The standard InChI is InChI=1S/C22H24FNO3S/c1-15-5-3-6-16(2)24(15)21(25)14-27-22(26)19(20-7-4-12-28-20)13-17-8-10-18(23)11-9-17/h4,7-13,15-16H,3,5-6,14H2,1-2H3/b19-13-/t15-,16-/m1/s1. The fraction of sp³-hybridized carbons (Fsp3) is 0.364. The molecule has 1 saturated heterocycles. The number of carbonyl (C=O) groups is 2. The molecule has 1 aliphatic heterocycles. The lowest BCUT2D eigenvalue weighted by molar-refractivity contribution is -0.151. The molecule has 0 bridgehead atoms. The minimum atomic E-state index is -0.558. The fourth-order valence-corrected chi connectivity index (χ4v) is 4.31. The van der Waals surface area contributed by atoms with Crippen molar-refractivity contribution in [3.8, 4) is 0 Å². The number of piperidine rings is 1. The quantitative estimate of drug-likeness (QED) is 0.536. The lowest BCUT2D eigenvalue weighted by Gasteiger charge is -2.38. The predicted molar refractivity (Wildman–Crippen MR) is 109 cm³/mol. The van der Waals surface area contributed by atoms with Gasteiger partial charge in [0.05, 0.1) is 5.57 Å². The topological polar surface area (TPSA) is 46.6 Å². The van der Waals surface area contributed by atoms with Gasteiger partial charge in [0.2, 0.25) is 0 Å². The molecule has 1 amide bonds. The Morgan fingerprint density at radius 3 is 2.46 bits per heavy atom. The number of likely N-dealkylation sites (tertiary alicyclic amines) is 1. The molecule has 4 nitrogen and oxygen atoms in total. The molecule has 1 aliphatic rings. The van der Waals surface area contributed by atoms with Crippen molar-refractivity contribution >= 4 is 34.9 Å². The van der Waals surface area contributed by atoms with Gasteiger partial charge in [-0.2, -0.15) is 0 Å². The summed E-state index contributed by atoms with van der Waals surface area (Å²) < 4.78 is 18.5. The van der Waals surface area contributed by atoms with E-state index < -0.39 is 5.97 Å². The van der Waals surface area contributed by atoms with E-state index in [4.69, 9.17) is 4.74 Å². The SMILES string of the molecule is C[C@@H]1CCC[C@@H](C)N1C(=O)COC(=O)/C(=C\c1ccc(F)cc1)c1cccs1. The minimum Gasteiger partial charge on any atom is -0.452 e. The van der Waals surface area contributed by atoms with Gasteiger partial charge in [0.25, 0.3) is 5.91 Å². The summed E-state index contributed by atoms with van der Waals surface area (Å²) in [6.07, 6.45) is 4.70. The highest BCUT2D eigenvalue weighted by Crippen LogP contribution is 2.25. The molecule has 28 heavy (non-hydrogen) atoms. The molecule has 148 valence electrons. The number of amides is 1. The second-order valence-corrected chi connectivity index (χ2v) is 8.04. The Kier molecular flexibility index (Phi) is 6.62. The van der Waals surface area contributed by atoms with Gasteiger partial charge in [-0.15, -0.1) is 11.3 Å². The van der Waals surface area contributed by atoms with E-state index in [9.17, 15) is 14.0 Å². The van der Waals surface area contributed by atoms with Crippen molar-refractivity contribution in [2.24, 2.45) is 0 Å². The Hall–Kier alpha value is -2.47. The van der Waals surface area contributed by atoms with Gasteiger partial charge in [-0.05, 0) is 68.3 Å². The second kappa shape index (κ2) is 9.15. The summed E-state index contributed by atoms with van der Waals surface area (Å²) in [5, 5.41) is 1.86. The number of esters is 1. The normalized spacial score (nSPS) is 20.1. The van der Waals surface area contributed by atoms with Gasteiger partial charge in [0.1, 0.15) is 5.82 Å². The van der Waals surface area contributed by atoms with Gasteiger partial charge in [0.15, 0.2) is 6.61 Å². The van der Waals surface area contributed by atoms with Crippen LogP contribution in [-0.4, -0.2) is 35.5 Å². The van der Waals surface area contributed by atoms with Crippen LogP contribution >= 0.6 is 11.3 Å². The van der Waals surface area contributed by atoms with E-state index in [0.717, 1.165) is 24.1 Å². The number of hydrogen-bond acceptors (Lipinski definition) is 4. The maximum absolute atomic E-state index is 13.2. The molecule has 0 aliphatic carbocycles. The van der Waals surface area contributed by atoms with Crippen LogP contribution in [0.25, 0.3) is 11.6 Å². The van der Waals surface area contributed by atoms with E-state index in [-0.39, 0.29) is 30.4 Å². The van der Waals surface area contributed by atoms with E-state index in [1.165, 1.54) is 23.5 Å². The third-order valence-electron chi connectivity index (χ3n) is 5.00. The van der Waals surface area contributed by atoms with Crippen molar-refractivity contribution in [1.82, 2.24) is 4.90 Å². The van der Waals surface area contributed by atoms with Gasteiger partial charge in [-0.25, -0.2) is 9.18 Å².